The number of rotatable bonds is 5. The van der Waals surface area contributed by atoms with E-state index < -0.39 is 16.6 Å². The van der Waals surface area contributed by atoms with E-state index in [9.17, 15) is 0 Å². The van der Waals surface area contributed by atoms with Gasteiger partial charge in [-0.2, -0.15) is 0 Å². The molecule has 2 nitrogen and oxygen atoms in total. The lowest BCUT2D eigenvalue weighted by Crippen LogP contribution is -2.40. The number of hydrogen-bond acceptors (Lipinski definition) is 2. The summed E-state index contributed by atoms with van der Waals surface area (Å²) in [6.45, 7) is 20.6. The van der Waals surface area contributed by atoms with E-state index in [4.69, 9.17) is 8.85 Å². The van der Waals surface area contributed by atoms with Gasteiger partial charge in [0, 0.05) is 0 Å². The third-order valence-corrected chi connectivity index (χ3v) is 8.59. The number of hydrogen-bond donors (Lipinski definition) is 0. The summed E-state index contributed by atoms with van der Waals surface area (Å²) in [6, 6.07) is 0. The predicted molar refractivity (Wildman–Crippen MR) is 81.3 cm³/mol. The monoisotopic (exact) mass is 274 g/mol. The normalized spacial score (nSPS) is 15.0. The second-order valence-electron chi connectivity index (χ2n) is 7.10. The van der Waals surface area contributed by atoms with E-state index in [0.717, 1.165) is 5.76 Å². The quantitative estimate of drug-likeness (QED) is 0.531. The van der Waals surface area contributed by atoms with Gasteiger partial charge >= 0.3 is 0 Å². The van der Waals surface area contributed by atoms with Crippen molar-refractivity contribution in [2.24, 2.45) is 0 Å². The summed E-state index contributed by atoms with van der Waals surface area (Å²) in [6.07, 6.45) is 2.07. The van der Waals surface area contributed by atoms with Crippen molar-refractivity contribution in [3.8, 4) is 0 Å². The van der Waals surface area contributed by atoms with Crippen molar-refractivity contribution >= 4 is 16.6 Å². The second-order valence-corrected chi connectivity index (χ2v) is 16.3. The summed E-state index contributed by atoms with van der Waals surface area (Å²) in [5.74, 6) is 1.01. The fraction of sp³-hybridized carbons (Fsp3) is 0.846. The zero-order valence-electron chi connectivity index (χ0n) is 13.1. The average molecular weight is 275 g/mol. The van der Waals surface area contributed by atoms with Crippen LogP contribution in [0.1, 0.15) is 27.7 Å². The third-order valence-electron chi connectivity index (χ3n) is 3.11. The lowest BCUT2D eigenvalue weighted by molar-refractivity contribution is 0.339. The second kappa shape index (κ2) is 5.72. The van der Waals surface area contributed by atoms with Gasteiger partial charge in [0.15, 0.2) is 8.32 Å². The molecule has 17 heavy (non-hydrogen) atoms. The standard InChI is InChI=1S/C13H30O2Si2/c1-12(10-11-14-16(5,6)7)15-17(8,9)13(2,3)4/h10H,11H2,1-9H3. The molecule has 0 aliphatic rings. The molecule has 0 rings (SSSR count). The molecule has 0 aliphatic heterocycles. The maximum atomic E-state index is 6.15. The summed E-state index contributed by atoms with van der Waals surface area (Å²) in [4.78, 5) is 0. The van der Waals surface area contributed by atoms with Gasteiger partial charge in [-0.3, -0.25) is 0 Å². The molecule has 0 unspecified atom stereocenters. The summed E-state index contributed by atoms with van der Waals surface area (Å²) in [5.41, 5.74) is 0. The summed E-state index contributed by atoms with van der Waals surface area (Å²) < 4.78 is 12.0. The first-order chi connectivity index (χ1) is 7.35. The van der Waals surface area contributed by atoms with Crippen LogP contribution in [-0.4, -0.2) is 23.2 Å². The Hall–Kier alpha value is -0.0662. The Morgan fingerprint density at radius 1 is 1.06 bits per heavy atom. The van der Waals surface area contributed by atoms with Gasteiger partial charge in [-0.25, -0.2) is 0 Å². The zero-order valence-corrected chi connectivity index (χ0v) is 15.1. The highest BCUT2D eigenvalue weighted by Crippen LogP contribution is 2.37. The maximum absolute atomic E-state index is 6.15. The first-order valence-electron chi connectivity index (χ1n) is 6.35. The Morgan fingerprint density at radius 2 is 1.53 bits per heavy atom. The Kier molecular flexibility index (Phi) is 5.69. The predicted octanol–water partition coefficient (Wildman–Crippen LogP) is 4.76. The maximum Gasteiger partial charge on any atom is 0.250 e. The van der Waals surface area contributed by atoms with Gasteiger partial charge in [0.25, 0.3) is 0 Å². The minimum atomic E-state index is -1.68. The molecule has 0 spiro atoms. The first-order valence-corrected chi connectivity index (χ1v) is 12.7. The van der Waals surface area contributed by atoms with Crippen LogP contribution in [0.25, 0.3) is 0 Å². The molecule has 102 valence electrons. The largest absolute Gasteiger partial charge is 0.547 e. The molecule has 0 atom stereocenters. The molecule has 0 aliphatic carbocycles. The van der Waals surface area contributed by atoms with E-state index in [-0.39, 0.29) is 5.04 Å². The third kappa shape index (κ3) is 7.06. The molecule has 0 saturated heterocycles. The van der Waals surface area contributed by atoms with E-state index in [1.165, 1.54) is 0 Å². The van der Waals surface area contributed by atoms with Crippen LogP contribution in [0.2, 0.25) is 37.8 Å². The van der Waals surface area contributed by atoms with Crippen molar-refractivity contribution < 1.29 is 8.85 Å². The Morgan fingerprint density at radius 3 is 1.88 bits per heavy atom. The molecule has 4 heteroatoms. The zero-order chi connectivity index (χ0) is 13.9. The summed E-state index contributed by atoms with van der Waals surface area (Å²) in [5, 5.41) is 0.252. The van der Waals surface area contributed by atoms with Gasteiger partial charge in [-0.1, -0.05) is 20.8 Å². The Labute approximate surface area is 110 Å². The van der Waals surface area contributed by atoms with Crippen molar-refractivity contribution in [3.05, 3.63) is 11.8 Å². The molecule has 0 radical (unpaired) electrons. The summed E-state index contributed by atoms with van der Waals surface area (Å²) >= 11 is 0. The molecule has 0 N–H and O–H groups in total. The summed E-state index contributed by atoms with van der Waals surface area (Å²) in [7, 11) is -3.08. The van der Waals surface area contributed by atoms with Crippen molar-refractivity contribution in [1.82, 2.24) is 0 Å². The number of allylic oxidation sites excluding steroid dienone is 1. The molecule has 0 heterocycles. The molecule has 0 aromatic carbocycles. The fourth-order valence-electron chi connectivity index (χ4n) is 1.01. The molecule has 0 bridgehead atoms. The molecule has 0 aromatic heterocycles. The first kappa shape index (κ1) is 16.9. The van der Waals surface area contributed by atoms with Crippen molar-refractivity contribution in [2.45, 2.75) is 65.5 Å². The van der Waals surface area contributed by atoms with Crippen LogP contribution in [-0.2, 0) is 8.85 Å². The molecule has 0 fully saturated rings. The Bertz CT molecular complexity index is 270. The van der Waals surface area contributed by atoms with Gasteiger partial charge in [0.1, 0.15) is 0 Å². The topological polar surface area (TPSA) is 18.5 Å². The van der Waals surface area contributed by atoms with E-state index in [1.807, 2.05) is 6.92 Å². The molecular formula is C13H30O2Si2. The van der Waals surface area contributed by atoms with E-state index in [2.05, 4.69) is 59.6 Å². The molecule has 0 aromatic rings. The minimum absolute atomic E-state index is 0.252. The fourth-order valence-corrected chi connectivity index (χ4v) is 2.78. The Balaban J connectivity index is 4.35. The van der Waals surface area contributed by atoms with Crippen molar-refractivity contribution in [3.63, 3.8) is 0 Å². The van der Waals surface area contributed by atoms with Crippen LogP contribution in [0, 0.1) is 0 Å². The highest BCUT2D eigenvalue weighted by molar-refractivity contribution is 6.74. The van der Waals surface area contributed by atoms with Crippen LogP contribution in [0.4, 0.5) is 0 Å². The van der Waals surface area contributed by atoms with Gasteiger partial charge in [0.05, 0.1) is 12.4 Å². The van der Waals surface area contributed by atoms with Crippen LogP contribution < -0.4 is 0 Å². The minimum Gasteiger partial charge on any atom is -0.547 e. The van der Waals surface area contributed by atoms with Gasteiger partial charge in [-0.05, 0) is 50.8 Å². The SMILES string of the molecule is CC(=CCO[Si](C)(C)C)O[Si](C)(C)C(C)(C)C. The smallest absolute Gasteiger partial charge is 0.250 e. The van der Waals surface area contributed by atoms with E-state index in [0.29, 0.717) is 6.61 Å². The molecule has 0 saturated carbocycles. The van der Waals surface area contributed by atoms with Gasteiger partial charge < -0.3 is 8.85 Å². The van der Waals surface area contributed by atoms with Gasteiger partial charge in [-0.15, -0.1) is 0 Å². The van der Waals surface area contributed by atoms with Crippen LogP contribution >= 0.6 is 0 Å². The van der Waals surface area contributed by atoms with Crippen molar-refractivity contribution in [2.75, 3.05) is 6.61 Å². The molecular weight excluding hydrogens is 244 g/mol. The van der Waals surface area contributed by atoms with Crippen LogP contribution in [0.5, 0.6) is 0 Å². The van der Waals surface area contributed by atoms with Crippen LogP contribution in [0.15, 0.2) is 11.8 Å². The molecule has 0 amide bonds. The van der Waals surface area contributed by atoms with E-state index >= 15 is 0 Å². The highest BCUT2D eigenvalue weighted by atomic mass is 28.4. The lowest BCUT2D eigenvalue weighted by Gasteiger charge is -2.36. The highest BCUT2D eigenvalue weighted by Gasteiger charge is 2.38. The van der Waals surface area contributed by atoms with Gasteiger partial charge in [0.2, 0.25) is 8.32 Å². The van der Waals surface area contributed by atoms with E-state index in [1.54, 1.807) is 0 Å². The van der Waals surface area contributed by atoms with Crippen LogP contribution in [0.3, 0.4) is 0 Å². The van der Waals surface area contributed by atoms with Crippen molar-refractivity contribution in [1.29, 1.82) is 0 Å². The lowest BCUT2D eigenvalue weighted by atomic mass is 10.2. The average Bonchev–Trinajstić information content (AvgIpc) is 1.97.